The van der Waals surface area contributed by atoms with Gasteiger partial charge in [-0.2, -0.15) is 0 Å². The summed E-state index contributed by atoms with van der Waals surface area (Å²) in [7, 11) is 0. The van der Waals surface area contributed by atoms with Gasteiger partial charge >= 0.3 is 0 Å². The highest BCUT2D eigenvalue weighted by Crippen LogP contribution is 2.31. The van der Waals surface area contributed by atoms with E-state index in [0.29, 0.717) is 41.4 Å². The number of carbonyl (C=O) groups is 2. The zero-order chi connectivity index (χ0) is 13.1. The Morgan fingerprint density at radius 2 is 1.89 bits per heavy atom. The molecule has 2 rings (SSSR count). The highest BCUT2D eigenvalue weighted by molar-refractivity contribution is 6.44. The lowest BCUT2D eigenvalue weighted by molar-refractivity contribution is -0.125. The largest absolute Gasteiger partial charge is 0.324 e. The number of Topliss-reactive ketones (excluding diaryl/α,β-unsaturated/α-hetero) is 1. The second kappa shape index (κ2) is 5.72. The molecule has 0 spiro atoms. The van der Waals surface area contributed by atoms with Gasteiger partial charge in [-0.05, 0) is 25.0 Å². The summed E-state index contributed by atoms with van der Waals surface area (Å²) in [5, 5.41) is 3.53. The summed E-state index contributed by atoms with van der Waals surface area (Å²) in [6.07, 6.45) is 2.20. The number of nitrogens with one attached hydrogen (secondary N) is 1. The van der Waals surface area contributed by atoms with Crippen molar-refractivity contribution in [3.8, 4) is 0 Å². The Morgan fingerprint density at radius 3 is 2.56 bits per heavy atom. The molecule has 0 saturated heterocycles. The van der Waals surface area contributed by atoms with E-state index in [9.17, 15) is 9.59 Å². The van der Waals surface area contributed by atoms with Crippen molar-refractivity contribution in [3.05, 3.63) is 28.2 Å². The molecule has 0 aliphatic heterocycles. The summed E-state index contributed by atoms with van der Waals surface area (Å²) in [4.78, 5) is 23.1. The first kappa shape index (κ1) is 13.4. The zero-order valence-corrected chi connectivity index (χ0v) is 11.2. The van der Waals surface area contributed by atoms with Gasteiger partial charge in [0.1, 0.15) is 5.78 Å². The van der Waals surface area contributed by atoms with E-state index in [1.165, 1.54) is 0 Å². The number of carbonyl (C=O) groups excluding carboxylic acids is 2. The van der Waals surface area contributed by atoms with Gasteiger partial charge in [0.05, 0.1) is 15.7 Å². The molecule has 0 unspecified atom stereocenters. The summed E-state index contributed by atoms with van der Waals surface area (Å²) in [6, 6.07) is 5.10. The Hall–Kier alpha value is -1.06. The van der Waals surface area contributed by atoms with Crippen LogP contribution in [-0.4, -0.2) is 11.7 Å². The maximum Gasteiger partial charge on any atom is 0.227 e. The molecule has 0 atom stereocenters. The molecule has 0 aromatic heterocycles. The number of hydrogen-bond acceptors (Lipinski definition) is 2. The van der Waals surface area contributed by atoms with Crippen LogP contribution in [0.1, 0.15) is 25.7 Å². The lowest BCUT2D eigenvalue weighted by atomic mass is 9.88. The van der Waals surface area contributed by atoms with Crippen LogP contribution < -0.4 is 5.32 Å². The number of ketones is 1. The topological polar surface area (TPSA) is 46.2 Å². The average molecular weight is 286 g/mol. The Bertz CT molecular complexity index is 478. The first-order chi connectivity index (χ1) is 8.58. The molecule has 0 heterocycles. The van der Waals surface area contributed by atoms with Gasteiger partial charge in [-0.3, -0.25) is 9.59 Å². The van der Waals surface area contributed by atoms with Crippen molar-refractivity contribution in [2.45, 2.75) is 25.7 Å². The van der Waals surface area contributed by atoms with Crippen LogP contribution in [0.4, 0.5) is 5.69 Å². The number of amides is 1. The van der Waals surface area contributed by atoms with E-state index >= 15 is 0 Å². The molecule has 1 fully saturated rings. The molecule has 3 nitrogen and oxygen atoms in total. The average Bonchev–Trinajstić information content (AvgIpc) is 2.36. The zero-order valence-electron chi connectivity index (χ0n) is 9.71. The number of benzene rings is 1. The number of halogens is 2. The van der Waals surface area contributed by atoms with Crippen LogP contribution in [0.15, 0.2) is 18.2 Å². The van der Waals surface area contributed by atoms with E-state index < -0.39 is 0 Å². The Kier molecular flexibility index (Phi) is 4.25. The van der Waals surface area contributed by atoms with E-state index in [1.54, 1.807) is 18.2 Å². The van der Waals surface area contributed by atoms with Crippen LogP contribution in [0, 0.1) is 5.92 Å². The maximum atomic E-state index is 12.0. The van der Waals surface area contributed by atoms with Crippen LogP contribution in [0.25, 0.3) is 0 Å². The smallest absolute Gasteiger partial charge is 0.227 e. The number of anilines is 1. The fraction of sp³-hybridized carbons (Fsp3) is 0.385. The molecule has 96 valence electrons. The third-order valence-corrected chi connectivity index (χ3v) is 3.94. The monoisotopic (exact) mass is 285 g/mol. The van der Waals surface area contributed by atoms with Crippen LogP contribution in [0.5, 0.6) is 0 Å². The molecule has 18 heavy (non-hydrogen) atoms. The van der Waals surface area contributed by atoms with E-state index in [-0.39, 0.29) is 17.6 Å². The van der Waals surface area contributed by atoms with Crippen molar-refractivity contribution >= 4 is 40.6 Å². The number of rotatable bonds is 2. The van der Waals surface area contributed by atoms with E-state index in [2.05, 4.69) is 5.32 Å². The quantitative estimate of drug-likeness (QED) is 0.901. The van der Waals surface area contributed by atoms with Crippen molar-refractivity contribution < 1.29 is 9.59 Å². The van der Waals surface area contributed by atoms with Gasteiger partial charge < -0.3 is 5.32 Å². The highest BCUT2D eigenvalue weighted by atomic mass is 35.5. The van der Waals surface area contributed by atoms with Gasteiger partial charge in [-0.25, -0.2) is 0 Å². The third-order valence-electron chi connectivity index (χ3n) is 3.12. The highest BCUT2D eigenvalue weighted by Gasteiger charge is 2.25. The molecule has 1 N–H and O–H groups in total. The number of hydrogen-bond donors (Lipinski definition) is 1. The summed E-state index contributed by atoms with van der Waals surface area (Å²) in [5.41, 5.74) is 0.520. The third kappa shape index (κ3) is 3.03. The minimum absolute atomic E-state index is 0.0910. The predicted molar refractivity (Wildman–Crippen MR) is 72.1 cm³/mol. The molecule has 1 aromatic carbocycles. The van der Waals surface area contributed by atoms with Crippen molar-refractivity contribution in [2.75, 3.05) is 5.32 Å². The SMILES string of the molecule is O=C1CCC(C(=O)Nc2cccc(Cl)c2Cl)CC1. The Balaban J connectivity index is 2.03. The van der Waals surface area contributed by atoms with E-state index in [1.807, 2.05) is 0 Å². The summed E-state index contributed by atoms with van der Waals surface area (Å²) in [5.74, 6) is 0.0317. The van der Waals surface area contributed by atoms with Gasteiger partial charge in [-0.15, -0.1) is 0 Å². The molecule has 1 saturated carbocycles. The van der Waals surface area contributed by atoms with Gasteiger partial charge in [0, 0.05) is 18.8 Å². The van der Waals surface area contributed by atoms with E-state index in [4.69, 9.17) is 23.2 Å². The predicted octanol–water partition coefficient (Wildman–Crippen LogP) is 3.69. The fourth-order valence-electron chi connectivity index (χ4n) is 2.04. The molecule has 0 bridgehead atoms. The summed E-state index contributed by atoms with van der Waals surface area (Å²) in [6.45, 7) is 0. The minimum atomic E-state index is -0.113. The van der Waals surface area contributed by atoms with Crippen molar-refractivity contribution in [3.63, 3.8) is 0 Å². The van der Waals surface area contributed by atoms with Crippen LogP contribution >= 0.6 is 23.2 Å². The van der Waals surface area contributed by atoms with Gasteiger partial charge in [-0.1, -0.05) is 29.3 Å². The molecular weight excluding hydrogens is 273 g/mol. The standard InChI is InChI=1S/C13H13Cl2NO2/c14-10-2-1-3-11(12(10)15)16-13(18)8-4-6-9(17)7-5-8/h1-3,8H,4-7H2,(H,16,18). The molecule has 1 aliphatic carbocycles. The van der Waals surface area contributed by atoms with Gasteiger partial charge in [0.25, 0.3) is 0 Å². The minimum Gasteiger partial charge on any atom is -0.324 e. The summed E-state index contributed by atoms with van der Waals surface area (Å²) < 4.78 is 0. The molecule has 5 heteroatoms. The first-order valence-electron chi connectivity index (χ1n) is 5.84. The van der Waals surface area contributed by atoms with Crippen molar-refractivity contribution in [1.82, 2.24) is 0 Å². The van der Waals surface area contributed by atoms with Crippen molar-refractivity contribution in [1.29, 1.82) is 0 Å². The molecule has 1 aromatic rings. The van der Waals surface area contributed by atoms with Gasteiger partial charge in [0.15, 0.2) is 0 Å². The molecule has 1 aliphatic rings. The second-order valence-corrected chi connectivity index (χ2v) is 5.19. The molecule has 0 radical (unpaired) electrons. The lowest BCUT2D eigenvalue weighted by Crippen LogP contribution is -2.27. The van der Waals surface area contributed by atoms with Crippen LogP contribution in [-0.2, 0) is 9.59 Å². The van der Waals surface area contributed by atoms with Crippen LogP contribution in [0.3, 0.4) is 0 Å². The molecule has 1 amide bonds. The van der Waals surface area contributed by atoms with Crippen LogP contribution in [0.2, 0.25) is 10.0 Å². The first-order valence-corrected chi connectivity index (χ1v) is 6.60. The normalized spacial score (nSPS) is 16.7. The fourth-order valence-corrected chi connectivity index (χ4v) is 2.38. The molecular formula is C13H13Cl2NO2. The van der Waals surface area contributed by atoms with E-state index in [0.717, 1.165) is 0 Å². The summed E-state index contributed by atoms with van der Waals surface area (Å²) >= 11 is 11.9. The Morgan fingerprint density at radius 1 is 1.22 bits per heavy atom. The lowest BCUT2D eigenvalue weighted by Gasteiger charge is -2.20. The second-order valence-electron chi connectivity index (χ2n) is 4.40. The van der Waals surface area contributed by atoms with Crippen molar-refractivity contribution in [2.24, 2.45) is 5.92 Å². The maximum absolute atomic E-state index is 12.0. The van der Waals surface area contributed by atoms with Gasteiger partial charge in [0.2, 0.25) is 5.91 Å². The Labute approximate surface area is 115 Å².